The molecule has 0 aliphatic heterocycles. The van der Waals surface area contributed by atoms with E-state index >= 15 is 0 Å². The minimum atomic E-state index is -0.867. The average molecular weight is 477 g/mol. The Morgan fingerprint density at radius 3 is 2.62 bits per heavy atom. The van der Waals surface area contributed by atoms with Crippen LogP contribution in [0.2, 0.25) is 0 Å². The van der Waals surface area contributed by atoms with E-state index in [2.05, 4.69) is 10.3 Å². The van der Waals surface area contributed by atoms with Crippen molar-refractivity contribution in [1.82, 2.24) is 14.5 Å². The molecule has 5 aromatic rings. The standard InChI is InChI=1S/C25H18F2N4O2S/c1-14-6-9-16(10-7-14)31-24(33)23-22(17-4-2-3-5-19(17)29-23)30-25(31)34-13-21(32)28-20-11-8-15(26)12-18(20)27/h2-12,29H,13H2,1H3,(H,28,32). The van der Waals surface area contributed by atoms with Crippen LogP contribution < -0.4 is 10.9 Å². The predicted molar refractivity (Wildman–Crippen MR) is 130 cm³/mol. The van der Waals surface area contributed by atoms with Gasteiger partial charge >= 0.3 is 0 Å². The van der Waals surface area contributed by atoms with E-state index in [0.29, 0.717) is 27.9 Å². The van der Waals surface area contributed by atoms with Crippen LogP contribution >= 0.6 is 11.8 Å². The van der Waals surface area contributed by atoms with Gasteiger partial charge in [-0.1, -0.05) is 47.7 Å². The van der Waals surface area contributed by atoms with Crippen LogP contribution in [0.3, 0.4) is 0 Å². The molecule has 1 amide bonds. The molecule has 0 aliphatic rings. The number of H-pyrrole nitrogens is 1. The predicted octanol–water partition coefficient (Wildman–Crippen LogP) is 5.18. The molecule has 0 aliphatic carbocycles. The van der Waals surface area contributed by atoms with Gasteiger partial charge in [0.1, 0.15) is 22.7 Å². The summed E-state index contributed by atoms with van der Waals surface area (Å²) in [6, 6.07) is 17.8. The van der Waals surface area contributed by atoms with Crippen LogP contribution in [0.4, 0.5) is 14.5 Å². The normalized spacial score (nSPS) is 11.3. The maximum absolute atomic E-state index is 13.9. The summed E-state index contributed by atoms with van der Waals surface area (Å²) >= 11 is 1.05. The number of aromatic amines is 1. The fourth-order valence-electron chi connectivity index (χ4n) is 3.67. The SMILES string of the molecule is Cc1ccc(-n2c(SCC(=O)Nc3ccc(F)cc3F)nc3c([nH]c4ccccc43)c2=O)cc1. The fourth-order valence-corrected chi connectivity index (χ4v) is 4.47. The van der Waals surface area contributed by atoms with E-state index in [0.717, 1.165) is 40.4 Å². The van der Waals surface area contributed by atoms with Gasteiger partial charge in [-0.2, -0.15) is 0 Å². The highest BCUT2D eigenvalue weighted by Gasteiger charge is 2.18. The van der Waals surface area contributed by atoms with Gasteiger partial charge in [-0.25, -0.2) is 13.8 Å². The number of hydrogen-bond donors (Lipinski definition) is 2. The Hall–Kier alpha value is -3.98. The number of thioether (sulfide) groups is 1. The number of nitrogens with one attached hydrogen (secondary N) is 2. The van der Waals surface area contributed by atoms with Crippen LogP contribution in [0.5, 0.6) is 0 Å². The van der Waals surface area contributed by atoms with Crippen molar-refractivity contribution < 1.29 is 13.6 Å². The third-order valence-electron chi connectivity index (χ3n) is 5.32. The maximum atomic E-state index is 13.9. The van der Waals surface area contributed by atoms with Crippen LogP contribution in [-0.4, -0.2) is 26.2 Å². The highest BCUT2D eigenvalue weighted by molar-refractivity contribution is 7.99. The van der Waals surface area contributed by atoms with Gasteiger partial charge in [0.25, 0.3) is 5.56 Å². The number of aromatic nitrogens is 3. The molecule has 5 rings (SSSR count). The number of benzene rings is 3. The average Bonchev–Trinajstić information content (AvgIpc) is 3.20. The number of para-hydroxylation sites is 1. The molecule has 2 N–H and O–H groups in total. The largest absolute Gasteiger partial charge is 0.349 e. The molecule has 170 valence electrons. The van der Waals surface area contributed by atoms with Gasteiger partial charge in [-0.15, -0.1) is 0 Å². The first-order valence-corrected chi connectivity index (χ1v) is 11.4. The number of fused-ring (bicyclic) bond motifs is 3. The summed E-state index contributed by atoms with van der Waals surface area (Å²) in [6.45, 7) is 1.94. The lowest BCUT2D eigenvalue weighted by Gasteiger charge is -2.12. The van der Waals surface area contributed by atoms with Gasteiger partial charge in [-0.05, 0) is 37.3 Å². The van der Waals surface area contributed by atoms with Gasteiger partial charge in [0.15, 0.2) is 5.16 Å². The van der Waals surface area contributed by atoms with Crippen molar-refractivity contribution in [3.05, 3.63) is 94.3 Å². The lowest BCUT2D eigenvalue weighted by Crippen LogP contribution is -2.23. The topological polar surface area (TPSA) is 79.8 Å². The number of aryl methyl sites for hydroxylation is 1. The maximum Gasteiger partial charge on any atom is 0.283 e. The number of carbonyl (C=O) groups is 1. The number of amides is 1. The zero-order valence-electron chi connectivity index (χ0n) is 17.9. The summed E-state index contributed by atoms with van der Waals surface area (Å²) in [5, 5.41) is 3.54. The lowest BCUT2D eigenvalue weighted by molar-refractivity contribution is -0.113. The van der Waals surface area contributed by atoms with Crippen molar-refractivity contribution in [3.63, 3.8) is 0 Å². The van der Waals surface area contributed by atoms with Crippen LogP contribution in [0.15, 0.2) is 76.7 Å². The van der Waals surface area contributed by atoms with Crippen LogP contribution in [0.25, 0.3) is 27.6 Å². The van der Waals surface area contributed by atoms with Gasteiger partial charge < -0.3 is 10.3 Å². The van der Waals surface area contributed by atoms with Crippen LogP contribution in [0, 0.1) is 18.6 Å². The van der Waals surface area contributed by atoms with Crippen molar-refractivity contribution in [2.24, 2.45) is 0 Å². The lowest BCUT2D eigenvalue weighted by atomic mass is 10.2. The van der Waals surface area contributed by atoms with Crippen molar-refractivity contribution in [2.75, 3.05) is 11.1 Å². The second-order valence-electron chi connectivity index (χ2n) is 7.73. The third kappa shape index (κ3) is 4.06. The van der Waals surface area contributed by atoms with Gasteiger partial charge in [-0.3, -0.25) is 14.2 Å². The van der Waals surface area contributed by atoms with E-state index in [1.807, 2.05) is 55.5 Å². The quantitative estimate of drug-likeness (QED) is 0.270. The van der Waals surface area contributed by atoms with Crippen molar-refractivity contribution in [2.45, 2.75) is 12.1 Å². The van der Waals surface area contributed by atoms with Crippen molar-refractivity contribution in [1.29, 1.82) is 0 Å². The third-order valence-corrected chi connectivity index (χ3v) is 6.26. The Morgan fingerprint density at radius 2 is 1.85 bits per heavy atom. The number of rotatable bonds is 5. The highest BCUT2D eigenvalue weighted by Crippen LogP contribution is 2.26. The number of carbonyl (C=O) groups excluding carboxylic acids is 1. The zero-order valence-corrected chi connectivity index (χ0v) is 18.7. The number of hydrogen-bond acceptors (Lipinski definition) is 4. The van der Waals surface area contributed by atoms with E-state index in [1.165, 1.54) is 4.57 Å². The van der Waals surface area contributed by atoms with Crippen molar-refractivity contribution in [3.8, 4) is 5.69 Å². The number of nitrogens with zero attached hydrogens (tertiary/aromatic N) is 2. The molecule has 0 atom stereocenters. The molecule has 0 saturated carbocycles. The smallest absolute Gasteiger partial charge is 0.283 e. The monoisotopic (exact) mass is 476 g/mol. The summed E-state index contributed by atoms with van der Waals surface area (Å²) < 4.78 is 28.5. The van der Waals surface area contributed by atoms with Crippen LogP contribution in [-0.2, 0) is 4.79 Å². The Balaban J connectivity index is 1.54. The summed E-state index contributed by atoms with van der Waals surface area (Å²) in [5.41, 5.74) is 2.88. The first-order valence-electron chi connectivity index (χ1n) is 10.4. The molecule has 0 saturated heterocycles. The number of halogens is 2. The van der Waals surface area contributed by atoms with Crippen molar-refractivity contribution >= 4 is 45.3 Å². The molecule has 9 heteroatoms. The molecule has 2 aromatic heterocycles. The van der Waals surface area contributed by atoms with E-state index in [4.69, 9.17) is 4.98 Å². The molecule has 0 bridgehead atoms. The minimum Gasteiger partial charge on any atom is -0.349 e. The minimum absolute atomic E-state index is 0.122. The molecular formula is C25H18F2N4O2S. The summed E-state index contributed by atoms with van der Waals surface area (Å²) in [6.07, 6.45) is 0. The molecule has 6 nitrogen and oxygen atoms in total. The van der Waals surface area contributed by atoms with Gasteiger partial charge in [0, 0.05) is 17.0 Å². The Morgan fingerprint density at radius 1 is 1.09 bits per heavy atom. The Bertz CT molecular complexity index is 1610. The Kier molecular flexibility index (Phi) is 5.62. The summed E-state index contributed by atoms with van der Waals surface area (Å²) in [5.74, 6) is -2.25. The molecule has 0 fully saturated rings. The second kappa shape index (κ2) is 8.75. The van der Waals surface area contributed by atoms with E-state index < -0.39 is 17.5 Å². The van der Waals surface area contributed by atoms with Gasteiger partial charge in [0.2, 0.25) is 5.91 Å². The molecule has 0 unspecified atom stereocenters. The van der Waals surface area contributed by atoms with E-state index in [1.54, 1.807) is 0 Å². The van der Waals surface area contributed by atoms with E-state index in [9.17, 15) is 18.4 Å². The van der Waals surface area contributed by atoms with E-state index in [-0.39, 0.29) is 17.0 Å². The molecule has 2 heterocycles. The molecule has 34 heavy (non-hydrogen) atoms. The Labute approximate surface area is 196 Å². The van der Waals surface area contributed by atoms with Crippen LogP contribution in [0.1, 0.15) is 5.56 Å². The zero-order chi connectivity index (χ0) is 23.8. The first-order chi connectivity index (χ1) is 16.4. The summed E-state index contributed by atoms with van der Waals surface area (Å²) in [4.78, 5) is 33.9. The second-order valence-corrected chi connectivity index (χ2v) is 8.67. The number of anilines is 1. The highest BCUT2D eigenvalue weighted by atomic mass is 32.2. The molecule has 0 radical (unpaired) electrons. The van der Waals surface area contributed by atoms with Gasteiger partial charge in [0.05, 0.1) is 17.1 Å². The summed E-state index contributed by atoms with van der Waals surface area (Å²) in [7, 11) is 0. The fraction of sp³-hybridized carbons (Fsp3) is 0.0800. The molecular weight excluding hydrogens is 458 g/mol. The molecule has 3 aromatic carbocycles. The first kappa shape index (κ1) is 21.8. The molecule has 0 spiro atoms.